The summed E-state index contributed by atoms with van der Waals surface area (Å²) in [4.78, 5) is 26.6. The molecular formula is C13H13NO3S2. The monoisotopic (exact) mass is 295 g/mol. The van der Waals surface area contributed by atoms with E-state index in [9.17, 15) is 9.59 Å². The molecule has 0 bridgehead atoms. The summed E-state index contributed by atoms with van der Waals surface area (Å²) in [7, 11) is 0. The van der Waals surface area contributed by atoms with Crippen molar-refractivity contribution in [3.05, 3.63) is 44.3 Å². The molecule has 2 aromatic rings. The van der Waals surface area contributed by atoms with Crippen LogP contribution in [0.15, 0.2) is 29.6 Å². The molecule has 1 amide bonds. The standard InChI is InChI=1S/C13H13NO3S2/c1-2-14(8-9-4-3-7-18-9)12(15)10-5-6-11(19-10)13(16)17/h3-7H,2,8H2,1H3,(H,16,17). The van der Waals surface area contributed by atoms with E-state index in [0.717, 1.165) is 16.2 Å². The largest absolute Gasteiger partial charge is 0.477 e. The third-order valence-corrected chi connectivity index (χ3v) is 4.55. The summed E-state index contributed by atoms with van der Waals surface area (Å²) in [5.41, 5.74) is 0. The van der Waals surface area contributed by atoms with Crippen LogP contribution in [0.2, 0.25) is 0 Å². The number of carboxylic acids is 1. The molecule has 2 rings (SSSR count). The van der Waals surface area contributed by atoms with Gasteiger partial charge in [0, 0.05) is 11.4 Å². The second-order valence-corrected chi connectivity index (χ2v) is 5.98. The SMILES string of the molecule is CCN(Cc1cccs1)C(=O)c1ccc(C(=O)O)s1. The van der Waals surface area contributed by atoms with Crippen molar-refractivity contribution < 1.29 is 14.7 Å². The molecule has 0 aliphatic carbocycles. The number of amides is 1. The first-order valence-corrected chi connectivity index (χ1v) is 7.46. The fourth-order valence-electron chi connectivity index (χ4n) is 1.64. The predicted molar refractivity (Wildman–Crippen MR) is 76.0 cm³/mol. The first-order chi connectivity index (χ1) is 9.11. The highest BCUT2D eigenvalue weighted by molar-refractivity contribution is 7.15. The number of rotatable bonds is 5. The van der Waals surface area contributed by atoms with Crippen molar-refractivity contribution >= 4 is 34.6 Å². The molecule has 0 spiro atoms. The van der Waals surface area contributed by atoms with Gasteiger partial charge in [-0.15, -0.1) is 22.7 Å². The van der Waals surface area contributed by atoms with Gasteiger partial charge in [-0.2, -0.15) is 0 Å². The van der Waals surface area contributed by atoms with Gasteiger partial charge in [0.2, 0.25) is 0 Å². The Labute approximate surface area is 118 Å². The zero-order chi connectivity index (χ0) is 13.8. The Kier molecular flexibility index (Phi) is 4.34. The molecule has 0 atom stereocenters. The molecule has 0 unspecified atom stereocenters. The number of hydrogen-bond donors (Lipinski definition) is 1. The third kappa shape index (κ3) is 3.21. The summed E-state index contributed by atoms with van der Waals surface area (Å²) in [5.74, 6) is -1.11. The van der Waals surface area contributed by atoms with Crippen molar-refractivity contribution in [2.75, 3.05) is 6.54 Å². The second kappa shape index (κ2) is 5.99. The van der Waals surface area contributed by atoms with Crippen molar-refractivity contribution in [2.24, 2.45) is 0 Å². The van der Waals surface area contributed by atoms with E-state index in [1.54, 1.807) is 22.3 Å². The highest BCUT2D eigenvalue weighted by Crippen LogP contribution is 2.20. The van der Waals surface area contributed by atoms with Crippen LogP contribution in [0.1, 0.15) is 31.1 Å². The first kappa shape index (κ1) is 13.8. The summed E-state index contributed by atoms with van der Waals surface area (Å²) in [5, 5.41) is 10.8. The number of carbonyl (C=O) groups is 2. The Bertz CT molecular complexity index is 574. The van der Waals surface area contributed by atoms with Gasteiger partial charge in [-0.1, -0.05) is 6.07 Å². The Hall–Kier alpha value is -1.66. The van der Waals surface area contributed by atoms with Gasteiger partial charge in [0.05, 0.1) is 11.4 Å². The summed E-state index contributed by atoms with van der Waals surface area (Å²) in [6.45, 7) is 3.07. The highest BCUT2D eigenvalue weighted by atomic mass is 32.1. The van der Waals surface area contributed by atoms with Crippen molar-refractivity contribution in [2.45, 2.75) is 13.5 Å². The van der Waals surface area contributed by atoms with Gasteiger partial charge in [-0.05, 0) is 30.5 Å². The van der Waals surface area contributed by atoms with Crippen LogP contribution in [0, 0.1) is 0 Å². The maximum absolute atomic E-state index is 12.3. The molecular weight excluding hydrogens is 282 g/mol. The van der Waals surface area contributed by atoms with Crippen molar-refractivity contribution in [1.29, 1.82) is 0 Å². The quantitative estimate of drug-likeness (QED) is 0.921. The van der Waals surface area contributed by atoms with Crippen LogP contribution in [0.3, 0.4) is 0 Å². The lowest BCUT2D eigenvalue weighted by atomic mass is 10.3. The Balaban J connectivity index is 2.13. The molecule has 19 heavy (non-hydrogen) atoms. The van der Waals surface area contributed by atoms with Crippen LogP contribution in [-0.4, -0.2) is 28.4 Å². The lowest BCUT2D eigenvalue weighted by molar-refractivity contribution is 0.0701. The van der Waals surface area contributed by atoms with Crippen molar-refractivity contribution in [3.63, 3.8) is 0 Å². The summed E-state index contributed by atoms with van der Waals surface area (Å²) in [6, 6.07) is 6.98. The van der Waals surface area contributed by atoms with Gasteiger partial charge < -0.3 is 10.0 Å². The molecule has 0 aliphatic rings. The molecule has 0 aliphatic heterocycles. The molecule has 0 fully saturated rings. The van der Waals surface area contributed by atoms with Crippen molar-refractivity contribution in [1.82, 2.24) is 4.90 Å². The highest BCUT2D eigenvalue weighted by Gasteiger charge is 2.18. The number of hydrogen-bond acceptors (Lipinski definition) is 4. The molecule has 0 radical (unpaired) electrons. The second-order valence-electron chi connectivity index (χ2n) is 3.87. The van der Waals surface area contributed by atoms with Crippen LogP contribution < -0.4 is 0 Å². The maximum atomic E-state index is 12.3. The fourth-order valence-corrected chi connectivity index (χ4v) is 3.17. The zero-order valence-electron chi connectivity index (χ0n) is 10.3. The van der Waals surface area contributed by atoms with E-state index >= 15 is 0 Å². The normalized spacial score (nSPS) is 10.4. The third-order valence-electron chi connectivity index (χ3n) is 2.62. The number of thiophene rings is 2. The minimum absolute atomic E-state index is 0.117. The van der Waals surface area contributed by atoms with Crippen molar-refractivity contribution in [3.8, 4) is 0 Å². The van der Waals surface area contributed by atoms with Gasteiger partial charge in [-0.3, -0.25) is 4.79 Å². The number of nitrogens with zero attached hydrogens (tertiary/aromatic N) is 1. The van der Waals surface area contributed by atoms with Crippen LogP contribution in [-0.2, 0) is 6.54 Å². The van der Waals surface area contributed by atoms with E-state index < -0.39 is 5.97 Å². The van der Waals surface area contributed by atoms with E-state index in [1.807, 2.05) is 24.4 Å². The molecule has 100 valence electrons. The molecule has 1 N–H and O–H groups in total. The smallest absolute Gasteiger partial charge is 0.345 e. The Morgan fingerprint density at radius 3 is 2.53 bits per heavy atom. The van der Waals surface area contributed by atoms with E-state index in [2.05, 4.69) is 0 Å². The molecule has 0 saturated heterocycles. The van der Waals surface area contributed by atoms with Gasteiger partial charge in [0.1, 0.15) is 4.88 Å². The fraction of sp³-hybridized carbons (Fsp3) is 0.231. The molecule has 2 heterocycles. The molecule has 0 aromatic carbocycles. The van der Waals surface area contributed by atoms with Gasteiger partial charge in [0.25, 0.3) is 5.91 Å². The maximum Gasteiger partial charge on any atom is 0.345 e. The average Bonchev–Trinajstić information content (AvgIpc) is 3.06. The number of carbonyl (C=O) groups excluding carboxylic acids is 1. The van der Waals surface area contributed by atoms with E-state index in [0.29, 0.717) is 18.0 Å². The Morgan fingerprint density at radius 1 is 1.26 bits per heavy atom. The lowest BCUT2D eigenvalue weighted by Gasteiger charge is -2.19. The van der Waals surface area contributed by atoms with E-state index in [1.165, 1.54) is 6.07 Å². The van der Waals surface area contributed by atoms with Crippen LogP contribution in [0.5, 0.6) is 0 Å². The summed E-state index contributed by atoms with van der Waals surface area (Å²) < 4.78 is 0. The zero-order valence-corrected chi connectivity index (χ0v) is 12.0. The minimum atomic E-state index is -0.995. The average molecular weight is 295 g/mol. The van der Waals surface area contributed by atoms with E-state index in [4.69, 9.17) is 5.11 Å². The summed E-state index contributed by atoms with van der Waals surface area (Å²) in [6.07, 6.45) is 0. The molecule has 0 saturated carbocycles. The van der Waals surface area contributed by atoms with Crippen LogP contribution >= 0.6 is 22.7 Å². The molecule has 4 nitrogen and oxygen atoms in total. The first-order valence-electron chi connectivity index (χ1n) is 5.76. The molecule has 6 heteroatoms. The van der Waals surface area contributed by atoms with Gasteiger partial charge in [-0.25, -0.2) is 4.79 Å². The van der Waals surface area contributed by atoms with E-state index in [-0.39, 0.29) is 10.8 Å². The number of aromatic carboxylic acids is 1. The topological polar surface area (TPSA) is 57.6 Å². The minimum Gasteiger partial charge on any atom is -0.477 e. The van der Waals surface area contributed by atoms with Gasteiger partial charge in [0.15, 0.2) is 0 Å². The van der Waals surface area contributed by atoms with Gasteiger partial charge >= 0.3 is 5.97 Å². The number of carboxylic acid groups (broad SMARTS) is 1. The molecule has 2 aromatic heterocycles. The predicted octanol–water partition coefficient (Wildman–Crippen LogP) is 3.17. The van der Waals surface area contributed by atoms with Crippen LogP contribution in [0.4, 0.5) is 0 Å². The summed E-state index contributed by atoms with van der Waals surface area (Å²) >= 11 is 2.62. The van der Waals surface area contributed by atoms with Crippen LogP contribution in [0.25, 0.3) is 0 Å². The Morgan fingerprint density at radius 2 is 2.00 bits per heavy atom. The lowest BCUT2D eigenvalue weighted by Crippen LogP contribution is -2.29.